The molecule has 1 aliphatic rings. The summed E-state index contributed by atoms with van der Waals surface area (Å²) in [5.74, 6) is 0.944. The molecular formula is C22H22F2N8. The van der Waals surface area contributed by atoms with Crippen molar-refractivity contribution in [3.8, 4) is 11.3 Å². The number of nitrogens with two attached hydrogens (primary N) is 1. The molecule has 0 spiro atoms. The molecule has 4 heterocycles. The summed E-state index contributed by atoms with van der Waals surface area (Å²) in [6, 6.07) is 9.65. The quantitative estimate of drug-likeness (QED) is 0.493. The molecule has 5 rings (SSSR count). The minimum atomic E-state index is -0.916. The normalized spacial score (nSPS) is 17.1. The molecule has 8 nitrogen and oxygen atoms in total. The van der Waals surface area contributed by atoms with Crippen molar-refractivity contribution in [3.05, 3.63) is 60.2 Å². The third-order valence-corrected chi connectivity index (χ3v) is 5.54. The zero-order valence-corrected chi connectivity index (χ0v) is 17.4. The van der Waals surface area contributed by atoms with Gasteiger partial charge in [0.2, 0.25) is 5.95 Å². The molecule has 1 saturated heterocycles. The summed E-state index contributed by atoms with van der Waals surface area (Å²) in [7, 11) is 0. The Hall–Kier alpha value is -3.82. The number of alkyl halides is 1. The number of hydrogen-bond donors (Lipinski definition) is 2. The topological polar surface area (TPSA) is 97.3 Å². The van der Waals surface area contributed by atoms with E-state index in [9.17, 15) is 8.78 Å². The van der Waals surface area contributed by atoms with Crippen LogP contribution in [0.15, 0.2) is 48.8 Å². The van der Waals surface area contributed by atoms with E-state index in [1.807, 2.05) is 11.8 Å². The summed E-state index contributed by atoms with van der Waals surface area (Å²) in [6.07, 6.45) is 2.93. The first kappa shape index (κ1) is 20.1. The molecule has 0 radical (unpaired) electrons. The third kappa shape index (κ3) is 3.79. The fraction of sp³-hybridized carbons (Fsp3) is 0.273. The second kappa shape index (κ2) is 8.03. The molecule has 0 amide bonds. The van der Waals surface area contributed by atoms with Crippen LogP contribution in [-0.4, -0.2) is 43.8 Å². The summed E-state index contributed by atoms with van der Waals surface area (Å²) in [4.78, 5) is 15.5. The Bertz CT molecular complexity index is 1260. The van der Waals surface area contributed by atoms with Crippen molar-refractivity contribution in [2.45, 2.75) is 25.6 Å². The Kier molecular flexibility index (Phi) is 5.04. The fourth-order valence-electron chi connectivity index (χ4n) is 3.88. The maximum absolute atomic E-state index is 13.9. The largest absolute Gasteiger partial charge is 0.382 e. The van der Waals surface area contributed by atoms with Crippen LogP contribution in [0.4, 0.5) is 26.4 Å². The Labute approximate surface area is 183 Å². The number of rotatable bonds is 5. The van der Waals surface area contributed by atoms with Gasteiger partial charge in [-0.25, -0.2) is 23.3 Å². The summed E-state index contributed by atoms with van der Waals surface area (Å²) < 4.78 is 28.8. The Balaban J connectivity index is 1.57. The van der Waals surface area contributed by atoms with E-state index in [-0.39, 0.29) is 24.2 Å². The minimum absolute atomic E-state index is 0.155. The van der Waals surface area contributed by atoms with Crippen molar-refractivity contribution < 1.29 is 8.78 Å². The van der Waals surface area contributed by atoms with Crippen molar-refractivity contribution in [2.75, 3.05) is 29.0 Å². The zero-order chi connectivity index (χ0) is 22.2. The van der Waals surface area contributed by atoms with Gasteiger partial charge >= 0.3 is 0 Å². The second-order valence-electron chi connectivity index (χ2n) is 7.84. The average molecular weight is 436 g/mol. The number of benzene rings is 1. The maximum atomic E-state index is 13.9. The van der Waals surface area contributed by atoms with Crippen LogP contribution in [0.2, 0.25) is 0 Å². The van der Waals surface area contributed by atoms with Gasteiger partial charge in [0, 0.05) is 31.0 Å². The first-order valence-corrected chi connectivity index (χ1v) is 10.4. The number of aromatic nitrogens is 5. The van der Waals surface area contributed by atoms with Gasteiger partial charge in [0.15, 0.2) is 11.5 Å². The highest BCUT2D eigenvalue weighted by molar-refractivity contribution is 5.85. The van der Waals surface area contributed by atoms with E-state index in [2.05, 4.69) is 25.4 Å². The second-order valence-corrected chi connectivity index (χ2v) is 7.84. The van der Waals surface area contributed by atoms with E-state index in [1.165, 1.54) is 12.1 Å². The lowest BCUT2D eigenvalue weighted by atomic mass is 10.1. The van der Waals surface area contributed by atoms with Crippen molar-refractivity contribution in [3.63, 3.8) is 0 Å². The van der Waals surface area contributed by atoms with Crippen LogP contribution in [0, 0.1) is 5.82 Å². The van der Waals surface area contributed by atoms with Crippen molar-refractivity contribution >= 4 is 23.2 Å². The van der Waals surface area contributed by atoms with Crippen LogP contribution in [-0.2, 0) is 0 Å². The van der Waals surface area contributed by atoms with E-state index < -0.39 is 6.17 Å². The summed E-state index contributed by atoms with van der Waals surface area (Å²) in [6.45, 7) is 2.71. The fourth-order valence-corrected chi connectivity index (χ4v) is 3.88. The predicted octanol–water partition coefficient (Wildman–Crippen LogP) is 3.63. The molecule has 0 bridgehead atoms. The first-order valence-electron chi connectivity index (χ1n) is 10.4. The van der Waals surface area contributed by atoms with Gasteiger partial charge in [0.05, 0.1) is 17.8 Å². The van der Waals surface area contributed by atoms with Gasteiger partial charge in [-0.2, -0.15) is 4.98 Å². The molecule has 32 heavy (non-hydrogen) atoms. The minimum Gasteiger partial charge on any atom is -0.382 e. The molecule has 1 fully saturated rings. The third-order valence-electron chi connectivity index (χ3n) is 5.54. The number of fused-ring (bicyclic) bond motifs is 1. The van der Waals surface area contributed by atoms with Gasteiger partial charge < -0.3 is 16.0 Å². The molecule has 3 aromatic heterocycles. The molecule has 1 aliphatic heterocycles. The van der Waals surface area contributed by atoms with E-state index in [0.717, 1.165) is 5.56 Å². The summed E-state index contributed by atoms with van der Waals surface area (Å²) >= 11 is 0. The molecule has 164 valence electrons. The summed E-state index contributed by atoms with van der Waals surface area (Å²) in [5.41, 5.74) is 8.80. The number of nitrogen functional groups attached to an aromatic ring is 1. The van der Waals surface area contributed by atoms with Crippen LogP contribution >= 0.6 is 0 Å². The monoisotopic (exact) mass is 436 g/mol. The SMILES string of the molecule is C[C@H](Nc1cc(-c2c(N)nn3cccnc23)nc(N2CC[C@@H](F)C2)n1)c1ccc(F)cc1. The molecule has 0 unspecified atom stereocenters. The van der Waals surface area contributed by atoms with Gasteiger partial charge in [0.1, 0.15) is 17.8 Å². The molecular weight excluding hydrogens is 414 g/mol. The first-order chi connectivity index (χ1) is 15.5. The molecule has 4 aromatic rings. The van der Waals surface area contributed by atoms with Crippen LogP contribution in [0.1, 0.15) is 24.9 Å². The van der Waals surface area contributed by atoms with Crippen LogP contribution < -0.4 is 16.0 Å². The molecule has 3 N–H and O–H groups in total. The number of nitrogens with one attached hydrogen (secondary N) is 1. The van der Waals surface area contributed by atoms with E-state index in [0.29, 0.717) is 41.6 Å². The Morgan fingerprint density at radius 2 is 2.03 bits per heavy atom. The van der Waals surface area contributed by atoms with Gasteiger partial charge in [-0.15, -0.1) is 5.10 Å². The van der Waals surface area contributed by atoms with Crippen LogP contribution in [0.5, 0.6) is 0 Å². The van der Waals surface area contributed by atoms with Crippen molar-refractivity contribution in [1.29, 1.82) is 0 Å². The molecule has 1 aromatic carbocycles. The summed E-state index contributed by atoms with van der Waals surface area (Å²) in [5, 5.41) is 7.66. The maximum Gasteiger partial charge on any atom is 0.227 e. The van der Waals surface area contributed by atoms with Gasteiger partial charge in [-0.1, -0.05) is 12.1 Å². The van der Waals surface area contributed by atoms with E-state index in [1.54, 1.807) is 41.2 Å². The highest BCUT2D eigenvalue weighted by Gasteiger charge is 2.26. The van der Waals surface area contributed by atoms with Crippen LogP contribution in [0.25, 0.3) is 16.9 Å². The lowest BCUT2D eigenvalue weighted by Gasteiger charge is -2.20. The molecule has 0 aliphatic carbocycles. The smallest absolute Gasteiger partial charge is 0.227 e. The lowest BCUT2D eigenvalue weighted by Crippen LogP contribution is -2.23. The van der Waals surface area contributed by atoms with E-state index in [4.69, 9.17) is 5.73 Å². The van der Waals surface area contributed by atoms with Crippen molar-refractivity contribution in [2.24, 2.45) is 0 Å². The standard InChI is InChI=1S/C22H22F2N8/c1-13(14-3-5-15(23)6-4-14)27-18-11-17(28-22(29-18)31-10-7-16(24)12-31)19-20(25)30-32-9-2-8-26-21(19)32/h2-6,8-9,11,13,16H,7,10,12H2,1H3,(H2,25,30)(H,27,28,29)/t13-,16+/m0/s1. The van der Waals surface area contributed by atoms with Gasteiger partial charge in [-0.3, -0.25) is 0 Å². The highest BCUT2D eigenvalue weighted by atomic mass is 19.1. The predicted molar refractivity (Wildman–Crippen MR) is 119 cm³/mol. The van der Waals surface area contributed by atoms with E-state index >= 15 is 0 Å². The molecule has 10 heteroatoms. The number of anilines is 3. The van der Waals surface area contributed by atoms with Gasteiger partial charge in [-0.05, 0) is 37.1 Å². The Morgan fingerprint density at radius 3 is 2.78 bits per heavy atom. The van der Waals surface area contributed by atoms with Crippen LogP contribution in [0.3, 0.4) is 0 Å². The number of halogens is 2. The molecule has 2 atom stereocenters. The molecule has 0 saturated carbocycles. The highest BCUT2D eigenvalue weighted by Crippen LogP contribution is 2.32. The Morgan fingerprint density at radius 1 is 1.22 bits per heavy atom. The zero-order valence-electron chi connectivity index (χ0n) is 17.4. The average Bonchev–Trinajstić information content (AvgIpc) is 3.36. The lowest BCUT2D eigenvalue weighted by molar-refractivity contribution is 0.364. The number of nitrogens with zero attached hydrogens (tertiary/aromatic N) is 6. The van der Waals surface area contributed by atoms with Crippen molar-refractivity contribution in [1.82, 2.24) is 24.6 Å². The number of hydrogen-bond acceptors (Lipinski definition) is 7. The van der Waals surface area contributed by atoms with Gasteiger partial charge in [0.25, 0.3) is 0 Å².